The highest BCUT2D eigenvalue weighted by atomic mass is 16.7. The van der Waals surface area contributed by atoms with Crippen molar-refractivity contribution in [2.75, 3.05) is 6.61 Å². The monoisotopic (exact) mass is 313 g/mol. The van der Waals surface area contributed by atoms with Crippen LogP contribution in [0.25, 0.3) is 0 Å². The molecule has 0 spiro atoms. The van der Waals surface area contributed by atoms with Crippen molar-refractivity contribution in [1.82, 2.24) is 0 Å². The van der Waals surface area contributed by atoms with Gasteiger partial charge in [-0.1, -0.05) is 18.2 Å². The average Bonchev–Trinajstić information content (AvgIpc) is 2.36. The maximum atomic E-state index is 10.3. The number of carbonyl (C=O) groups is 1. The highest BCUT2D eigenvalue weighted by molar-refractivity contribution is 6.35. The minimum atomic E-state index is -1.48. The third-order valence-electron chi connectivity index (χ3n) is 2.85. The summed E-state index contributed by atoms with van der Waals surface area (Å²) in [5.74, 6) is -0.217. The van der Waals surface area contributed by atoms with E-state index in [9.17, 15) is 4.79 Å². The Morgan fingerprint density at radius 3 is 1.95 bits per heavy atom. The Hall–Kier alpha value is -1.61. The molecule has 124 valence electrons. The Kier molecular flexibility index (Phi) is 8.11. The molecule has 0 saturated carbocycles. The zero-order chi connectivity index (χ0) is 17.4. The summed E-state index contributed by atoms with van der Waals surface area (Å²) in [5, 5.41) is 27.3. The summed E-state index contributed by atoms with van der Waals surface area (Å²) in [7, 11) is -1.48. The number of amides is 1. The first kappa shape index (κ1) is 20.4. The highest BCUT2D eigenvalue weighted by Crippen LogP contribution is 2.19. The molecular formula is C14H24BNO6. The molecular weight excluding hydrogens is 289 g/mol. The van der Waals surface area contributed by atoms with Gasteiger partial charge >= 0.3 is 7.32 Å². The molecule has 1 rings (SSSR count). The van der Waals surface area contributed by atoms with Crippen LogP contribution in [0, 0.1) is 0 Å². The number of para-hydroxylation sites is 1. The topological polar surface area (TPSA) is 122 Å². The molecule has 0 fully saturated rings. The van der Waals surface area contributed by atoms with E-state index in [4.69, 9.17) is 25.6 Å². The zero-order valence-corrected chi connectivity index (χ0v) is 13.3. The van der Waals surface area contributed by atoms with E-state index in [-0.39, 0.29) is 6.61 Å². The van der Waals surface area contributed by atoms with Gasteiger partial charge in [0.25, 0.3) is 0 Å². The van der Waals surface area contributed by atoms with Crippen LogP contribution < -0.4 is 10.4 Å². The van der Waals surface area contributed by atoms with Crippen LogP contribution in [0.4, 0.5) is 0 Å². The molecule has 0 aromatic heterocycles. The maximum absolute atomic E-state index is 10.3. The van der Waals surface area contributed by atoms with E-state index >= 15 is 0 Å². The Labute approximate surface area is 130 Å². The lowest BCUT2D eigenvalue weighted by molar-refractivity contribution is -0.120. The zero-order valence-electron chi connectivity index (χ0n) is 13.3. The summed E-state index contributed by atoms with van der Waals surface area (Å²) < 4.78 is 9.46. The number of primary amides is 1. The molecule has 5 N–H and O–H groups in total. The average molecular weight is 313 g/mol. The van der Waals surface area contributed by atoms with E-state index in [1.165, 1.54) is 0 Å². The second kappa shape index (κ2) is 8.74. The van der Waals surface area contributed by atoms with Crippen molar-refractivity contribution in [2.45, 2.75) is 38.9 Å². The maximum Gasteiger partial charge on any atom is 0.710 e. The molecule has 1 aromatic rings. The Balaban J connectivity index is 0.000000472. The van der Waals surface area contributed by atoms with Gasteiger partial charge in [-0.3, -0.25) is 4.79 Å². The van der Waals surface area contributed by atoms with Gasteiger partial charge < -0.3 is 30.3 Å². The number of aliphatic hydroxyl groups is 2. The lowest BCUT2D eigenvalue weighted by atomic mass is 9.90. The van der Waals surface area contributed by atoms with Gasteiger partial charge in [-0.15, -0.1) is 0 Å². The smallest absolute Gasteiger partial charge is 0.512 e. The second-order valence-corrected chi connectivity index (χ2v) is 5.63. The number of nitrogens with two attached hydrogens (primary N) is 1. The summed E-state index contributed by atoms with van der Waals surface area (Å²) in [5.41, 5.74) is 2.79. The summed E-state index contributed by atoms with van der Waals surface area (Å²) in [6.45, 7) is 5.92. The van der Waals surface area contributed by atoms with Crippen LogP contribution in [-0.2, 0) is 9.45 Å². The van der Waals surface area contributed by atoms with Gasteiger partial charge in [0.1, 0.15) is 12.4 Å². The van der Waals surface area contributed by atoms with Crippen LogP contribution in [0.3, 0.4) is 0 Å². The number of hydrogen-bond acceptors (Lipinski definition) is 6. The van der Waals surface area contributed by atoms with Crippen molar-refractivity contribution in [3.05, 3.63) is 30.3 Å². The molecule has 0 aliphatic carbocycles. The van der Waals surface area contributed by atoms with E-state index in [0.717, 1.165) is 0 Å². The molecule has 1 aromatic carbocycles. The molecule has 7 nitrogen and oxygen atoms in total. The van der Waals surface area contributed by atoms with Gasteiger partial charge in [-0.2, -0.15) is 0 Å². The molecule has 0 heterocycles. The van der Waals surface area contributed by atoms with Crippen molar-refractivity contribution in [3.8, 4) is 5.75 Å². The fourth-order valence-electron chi connectivity index (χ4n) is 0.803. The second-order valence-electron chi connectivity index (χ2n) is 5.63. The van der Waals surface area contributed by atoms with Crippen LogP contribution in [0.2, 0.25) is 0 Å². The molecule has 0 bridgehead atoms. The van der Waals surface area contributed by atoms with Crippen LogP contribution in [0.1, 0.15) is 27.7 Å². The van der Waals surface area contributed by atoms with Gasteiger partial charge in [0.15, 0.2) is 0 Å². The molecule has 0 atom stereocenters. The van der Waals surface area contributed by atoms with Gasteiger partial charge in [0.05, 0.1) is 11.2 Å². The van der Waals surface area contributed by atoms with Crippen molar-refractivity contribution < 1.29 is 29.3 Å². The molecule has 22 heavy (non-hydrogen) atoms. The SMILES string of the molecule is CC(C)(O)C(C)(C)O.NC(=O)COB(O)Oc1ccccc1. The Morgan fingerprint density at radius 1 is 1.14 bits per heavy atom. The van der Waals surface area contributed by atoms with Crippen LogP contribution in [0.5, 0.6) is 5.75 Å². The van der Waals surface area contributed by atoms with E-state index in [1.54, 1.807) is 52.0 Å². The minimum absolute atomic E-state index is 0.381. The van der Waals surface area contributed by atoms with E-state index < -0.39 is 24.4 Å². The fourth-order valence-corrected chi connectivity index (χ4v) is 0.803. The summed E-state index contributed by atoms with van der Waals surface area (Å²) in [6.07, 6.45) is 0. The third-order valence-corrected chi connectivity index (χ3v) is 2.85. The number of hydrogen-bond donors (Lipinski definition) is 4. The first-order chi connectivity index (χ1) is 9.93. The molecule has 8 heteroatoms. The molecule has 1 amide bonds. The molecule has 0 unspecified atom stereocenters. The summed E-state index contributed by atoms with van der Waals surface area (Å²) >= 11 is 0. The Bertz CT molecular complexity index is 429. The fraction of sp³-hybridized carbons (Fsp3) is 0.500. The van der Waals surface area contributed by atoms with Gasteiger partial charge in [-0.05, 0) is 39.8 Å². The lowest BCUT2D eigenvalue weighted by Gasteiger charge is -2.31. The summed E-state index contributed by atoms with van der Waals surface area (Å²) in [6, 6.07) is 8.60. The molecule has 0 radical (unpaired) electrons. The van der Waals surface area contributed by atoms with E-state index in [1.807, 2.05) is 6.07 Å². The number of carbonyl (C=O) groups excluding carboxylic acids is 1. The van der Waals surface area contributed by atoms with Crippen molar-refractivity contribution in [2.24, 2.45) is 5.73 Å². The van der Waals surface area contributed by atoms with E-state index in [2.05, 4.69) is 4.65 Å². The van der Waals surface area contributed by atoms with Crippen LogP contribution in [-0.4, -0.2) is 46.3 Å². The standard InChI is InChI=1S/C8H10BNO4.C6H14O2/c10-8(11)6-13-9(12)14-7-4-2-1-3-5-7;1-5(2,7)6(3,4)8/h1-5,12H,6H2,(H2,10,11);7-8H,1-4H3. The van der Waals surface area contributed by atoms with Crippen LogP contribution >= 0.6 is 0 Å². The predicted molar refractivity (Wildman–Crippen MR) is 82.8 cm³/mol. The summed E-state index contributed by atoms with van der Waals surface area (Å²) in [4.78, 5) is 10.3. The third kappa shape index (κ3) is 9.35. The molecule has 0 aliphatic heterocycles. The Morgan fingerprint density at radius 2 is 1.59 bits per heavy atom. The first-order valence-corrected chi connectivity index (χ1v) is 6.68. The quantitative estimate of drug-likeness (QED) is 0.551. The highest BCUT2D eigenvalue weighted by Gasteiger charge is 2.31. The number of benzene rings is 1. The molecule has 0 saturated heterocycles. The van der Waals surface area contributed by atoms with Gasteiger partial charge in [0.2, 0.25) is 5.91 Å². The van der Waals surface area contributed by atoms with Crippen LogP contribution in [0.15, 0.2) is 30.3 Å². The van der Waals surface area contributed by atoms with Crippen molar-refractivity contribution in [1.29, 1.82) is 0 Å². The predicted octanol–water partition coefficient (Wildman–Crippen LogP) is 0.0727. The largest absolute Gasteiger partial charge is 0.710 e. The van der Waals surface area contributed by atoms with Crippen molar-refractivity contribution >= 4 is 13.2 Å². The van der Waals surface area contributed by atoms with Gasteiger partial charge in [0, 0.05) is 0 Å². The minimum Gasteiger partial charge on any atom is -0.512 e. The van der Waals surface area contributed by atoms with Crippen molar-refractivity contribution in [3.63, 3.8) is 0 Å². The normalized spacial score (nSPS) is 11.2. The van der Waals surface area contributed by atoms with E-state index in [0.29, 0.717) is 5.75 Å². The first-order valence-electron chi connectivity index (χ1n) is 6.68. The lowest BCUT2D eigenvalue weighted by Crippen LogP contribution is -2.44. The van der Waals surface area contributed by atoms with Gasteiger partial charge in [-0.25, -0.2) is 0 Å². The molecule has 0 aliphatic rings. The number of rotatable bonds is 6.